The van der Waals surface area contributed by atoms with E-state index in [2.05, 4.69) is 152 Å². The Labute approximate surface area is 327 Å². The quantitative estimate of drug-likeness (QED) is 0.171. The Morgan fingerprint density at radius 2 is 0.946 bits per heavy atom. The van der Waals surface area contributed by atoms with Gasteiger partial charge in [-0.05, 0) is 64.2 Å². The van der Waals surface area contributed by atoms with Gasteiger partial charge in [-0.15, -0.1) is 11.3 Å². The van der Waals surface area contributed by atoms with Crippen molar-refractivity contribution in [3.05, 3.63) is 188 Å². The number of thiophene rings is 1. The normalized spacial score (nSPS) is 11.6. The van der Waals surface area contributed by atoms with E-state index in [9.17, 15) is 0 Å². The maximum atomic E-state index is 6.83. The molecule has 5 heteroatoms. The van der Waals surface area contributed by atoms with Crippen LogP contribution in [0.2, 0.25) is 0 Å². The summed E-state index contributed by atoms with van der Waals surface area (Å²) in [6, 6.07) is 65.6. The molecule has 0 spiro atoms. The molecular formula is C51H31N3OS. The van der Waals surface area contributed by atoms with Crippen LogP contribution in [0.4, 0.5) is 0 Å². The lowest BCUT2D eigenvalue weighted by atomic mass is 9.93. The number of para-hydroxylation sites is 1. The third kappa shape index (κ3) is 5.48. The van der Waals surface area contributed by atoms with Gasteiger partial charge in [0.05, 0.1) is 5.56 Å². The lowest BCUT2D eigenvalue weighted by molar-refractivity contribution is 0.669. The summed E-state index contributed by atoms with van der Waals surface area (Å²) in [4.78, 5) is 15.3. The van der Waals surface area contributed by atoms with Crippen molar-refractivity contribution in [3.63, 3.8) is 0 Å². The van der Waals surface area contributed by atoms with Gasteiger partial charge in [0.25, 0.3) is 0 Å². The van der Waals surface area contributed by atoms with Crippen molar-refractivity contribution in [2.75, 3.05) is 0 Å². The van der Waals surface area contributed by atoms with E-state index in [1.54, 1.807) is 0 Å². The van der Waals surface area contributed by atoms with Gasteiger partial charge >= 0.3 is 0 Å². The zero-order chi connectivity index (χ0) is 37.0. The summed E-state index contributed by atoms with van der Waals surface area (Å²) in [5.41, 5.74) is 11.1. The van der Waals surface area contributed by atoms with E-state index in [-0.39, 0.29) is 0 Å². The number of hydrogen-bond donors (Lipinski definition) is 0. The molecule has 56 heavy (non-hydrogen) atoms. The Morgan fingerprint density at radius 1 is 0.357 bits per heavy atom. The summed E-state index contributed by atoms with van der Waals surface area (Å²) in [6.07, 6.45) is 0. The van der Waals surface area contributed by atoms with Crippen molar-refractivity contribution in [2.24, 2.45) is 0 Å². The van der Waals surface area contributed by atoms with Gasteiger partial charge < -0.3 is 4.42 Å². The monoisotopic (exact) mass is 733 g/mol. The van der Waals surface area contributed by atoms with Crippen molar-refractivity contribution in [3.8, 4) is 67.5 Å². The highest BCUT2D eigenvalue weighted by atomic mass is 32.1. The predicted octanol–water partition coefficient (Wildman–Crippen LogP) is 14.1. The molecule has 0 fully saturated rings. The fraction of sp³-hybridized carbons (Fsp3) is 0. The van der Waals surface area contributed by atoms with Crippen LogP contribution in [0.15, 0.2) is 192 Å². The minimum atomic E-state index is 0.558. The van der Waals surface area contributed by atoms with E-state index in [1.165, 1.54) is 31.3 Å². The van der Waals surface area contributed by atoms with Crippen molar-refractivity contribution in [2.45, 2.75) is 0 Å². The van der Waals surface area contributed by atoms with E-state index in [1.807, 2.05) is 47.7 Å². The van der Waals surface area contributed by atoms with Gasteiger partial charge in [0.2, 0.25) is 0 Å². The van der Waals surface area contributed by atoms with Gasteiger partial charge in [-0.2, -0.15) is 0 Å². The smallest absolute Gasteiger partial charge is 0.167 e. The first-order valence-electron chi connectivity index (χ1n) is 18.7. The zero-order valence-electron chi connectivity index (χ0n) is 30.1. The molecule has 0 aliphatic heterocycles. The van der Waals surface area contributed by atoms with Crippen LogP contribution in [0.3, 0.4) is 0 Å². The van der Waals surface area contributed by atoms with Gasteiger partial charge in [0, 0.05) is 47.6 Å². The van der Waals surface area contributed by atoms with Crippen molar-refractivity contribution < 1.29 is 4.42 Å². The topological polar surface area (TPSA) is 51.8 Å². The first kappa shape index (κ1) is 32.2. The van der Waals surface area contributed by atoms with Crippen molar-refractivity contribution in [1.29, 1.82) is 0 Å². The van der Waals surface area contributed by atoms with Gasteiger partial charge in [-0.25, -0.2) is 15.0 Å². The maximum absolute atomic E-state index is 6.83. The number of nitrogens with zero attached hydrogens (tertiary/aromatic N) is 3. The lowest BCUT2D eigenvalue weighted by Crippen LogP contribution is -2.00. The van der Waals surface area contributed by atoms with Gasteiger partial charge in [-0.1, -0.05) is 152 Å². The molecule has 8 aromatic carbocycles. The largest absolute Gasteiger partial charge is 0.455 e. The molecule has 4 nitrogen and oxygen atoms in total. The standard InChI is InChI=1S/C51H31N3OS/c1-4-15-32(16-5-1)35-21-12-22-36(29-35)50-52-49(34-19-8-3-9-20-34)53-51(54-50)41-26-13-25-40-46-38(24-14-27-44(46)55-47(40)41)37-30-42(33-17-6-2-7-18-33)48-43(31-37)39-23-10-11-28-45(39)56-48/h1-31H. The first-order chi connectivity index (χ1) is 27.7. The summed E-state index contributed by atoms with van der Waals surface area (Å²) in [5.74, 6) is 1.77. The van der Waals surface area contributed by atoms with E-state index in [0.29, 0.717) is 17.5 Å². The van der Waals surface area contributed by atoms with Crippen molar-refractivity contribution >= 4 is 53.4 Å². The van der Waals surface area contributed by atoms with Crippen LogP contribution in [0, 0.1) is 0 Å². The third-order valence-electron chi connectivity index (χ3n) is 10.5. The fourth-order valence-corrected chi connectivity index (χ4v) is 9.11. The number of fused-ring (bicyclic) bond motifs is 6. The highest BCUT2D eigenvalue weighted by Crippen LogP contribution is 2.46. The molecular weight excluding hydrogens is 703 g/mol. The SMILES string of the molecule is c1ccc(-c2cccc(-c3nc(-c4ccccc4)nc(-c4cccc5c4oc4cccc(-c6cc(-c7ccccc7)c7sc8ccccc8c7c6)c45)n3)c2)cc1. The number of hydrogen-bond acceptors (Lipinski definition) is 5. The highest BCUT2D eigenvalue weighted by Gasteiger charge is 2.21. The van der Waals surface area contributed by atoms with Crippen LogP contribution < -0.4 is 0 Å². The molecule has 0 amide bonds. The highest BCUT2D eigenvalue weighted by molar-refractivity contribution is 7.26. The van der Waals surface area contributed by atoms with Crippen LogP contribution in [0.25, 0.3) is 110 Å². The molecule has 0 saturated carbocycles. The predicted molar refractivity (Wildman–Crippen MR) is 233 cm³/mol. The molecule has 0 bridgehead atoms. The van der Waals surface area contributed by atoms with Crippen LogP contribution in [0.5, 0.6) is 0 Å². The molecule has 11 aromatic rings. The molecule has 0 aliphatic carbocycles. The average Bonchev–Trinajstić information content (AvgIpc) is 3.86. The molecule has 0 aliphatic rings. The molecule has 0 unspecified atom stereocenters. The first-order valence-corrected chi connectivity index (χ1v) is 19.5. The van der Waals surface area contributed by atoms with Gasteiger partial charge in [-0.3, -0.25) is 0 Å². The molecule has 11 rings (SSSR count). The molecule has 0 atom stereocenters. The molecule has 3 aromatic heterocycles. The van der Waals surface area contributed by atoms with Crippen LogP contribution in [-0.4, -0.2) is 15.0 Å². The summed E-state index contributed by atoms with van der Waals surface area (Å²) in [6.45, 7) is 0. The Morgan fingerprint density at radius 3 is 1.75 bits per heavy atom. The molecule has 0 N–H and O–H groups in total. The van der Waals surface area contributed by atoms with Crippen LogP contribution in [-0.2, 0) is 0 Å². The summed E-state index contributed by atoms with van der Waals surface area (Å²) in [5, 5.41) is 4.61. The van der Waals surface area contributed by atoms with E-state index >= 15 is 0 Å². The lowest BCUT2D eigenvalue weighted by Gasteiger charge is -2.10. The van der Waals surface area contributed by atoms with Crippen molar-refractivity contribution in [1.82, 2.24) is 15.0 Å². The average molecular weight is 734 g/mol. The second kappa shape index (κ2) is 13.3. The number of aromatic nitrogens is 3. The van der Waals surface area contributed by atoms with Crippen LogP contribution >= 0.6 is 11.3 Å². The van der Waals surface area contributed by atoms with Gasteiger partial charge in [0.1, 0.15) is 11.2 Å². The zero-order valence-corrected chi connectivity index (χ0v) is 30.9. The molecule has 0 radical (unpaired) electrons. The summed E-state index contributed by atoms with van der Waals surface area (Å²) >= 11 is 1.86. The minimum Gasteiger partial charge on any atom is -0.455 e. The second-order valence-corrected chi connectivity index (χ2v) is 15.0. The Balaban J connectivity index is 1.12. The number of furan rings is 1. The third-order valence-corrected chi connectivity index (χ3v) is 11.8. The summed E-state index contributed by atoms with van der Waals surface area (Å²) in [7, 11) is 0. The van der Waals surface area contributed by atoms with E-state index < -0.39 is 0 Å². The number of rotatable bonds is 6. The molecule has 0 saturated heterocycles. The van der Waals surface area contributed by atoms with Crippen LogP contribution in [0.1, 0.15) is 0 Å². The summed E-state index contributed by atoms with van der Waals surface area (Å²) < 4.78 is 9.40. The minimum absolute atomic E-state index is 0.558. The Kier molecular flexibility index (Phi) is 7.64. The molecule has 3 heterocycles. The Hall–Kier alpha value is -7.21. The Bertz CT molecular complexity index is 3240. The van der Waals surface area contributed by atoms with E-state index in [0.717, 1.165) is 60.9 Å². The maximum Gasteiger partial charge on any atom is 0.167 e. The second-order valence-electron chi connectivity index (χ2n) is 13.9. The van der Waals surface area contributed by atoms with E-state index in [4.69, 9.17) is 19.4 Å². The fourth-order valence-electron chi connectivity index (χ4n) is 7.89. The van der Waals surface area contributed by atoms with Gasteiger partial charge in [0.15, 0.2) is 17.5 Å². The molecule has 262 valence electrons. The number of benzene rings is 8.